The van der Waals surface area contributed by atoms with Crippen molar-refractivity contribution in [3.8, 4) is 11.5 Å². The zero-order valence-corrected chi connectivity index (χ0v) is 12.0. The van der Waals surface area contributed by atoms with E-state index in [9.17, 15) is 9.90 Å². The number of nitrogens with zero attached hydrogens (tertiary/aromatic N) is 1. The zero-order valence-electron chi connectivity index (χ0n) is 11.2. The first-order valence-corrected chi connectivity index (χ1v) is 6.45. The minimum absolute atomic E-state index is 0.104. The van der Waals surface area contributed by atoms with Crippen LogP contribution in [0.15, 0.2) is 47.6 Å². The van der Waals surface area contributed by atoms with E-state index in [1.165, 1.54) is 13.3 Å². The van der Waals surface area contributed by atoms with Crippen LogP contribution in [0.5, 0.6) is 11.5 Å². The van der Waals surface area contributed by atoms with E-state index in [0.29, 0.717) is 11.1 Å². The van der Waals surface area contributed by atoms with Crippen LogP contribution in [0.2, 0.25) is 5.02 Å². The second-order valence-electron chi connectivity index (χ2n) is 4.08. The van der Waals surface area contributed by atoms with E-state index >= 15 is 0 Å². The Bertz CT molecular complexity index is 672. The number of amides is 1. The second-order valence-corrected chi connectivity index (χ2v) is 4.46. The number of phenolic OH excluding ortho intramolecular Hbond substituents is 1. The number of carbonyl (C=O) groups excluding carboxylic acids is 1. The van der Waals surface area contributed by atoms with Crippen molar-refractivity contribution in [3.05, 3.63) is 58.6 Å². The average molecular weight is 305 g/mol. The number of ether oxygens (including phenoxy) is 1. The quantitative estimate of drug-likeness (QED) is 0.674. The molecule has 0 aromatic heterocycles. The summed E-state index contributed by atoms with van der Waals surface area (Å²) in [5, 5.41) is 13.7. The molecule has 0 unspecified atom stereocenters. The summed E-state index contributed by atoms with van der Waals surface area (Å²) in [4.78, 5) is 11.8. The summed E-state index contributed by atoms with van der Waals surface area (Å²) in [5.41, 5.74) is 3.34. The van der Waals surface area contributed by atoms with Crippen LogP contribution in [0.4, 0.5) is 0 Å². The number of benzene rings is 2. The van der Waals surface area contributed by atoms with Crippen LogP contribution in [0.25, 0.3) is 0 Å². The molecule has 0 heterocycles. The standard InChI is InChI=1S/C15H13ClN2O3/c1-21-12-8-7-11(13(16)14(12)19)9-17-18-15(20)10-5-3-2-4-6-10/h2-9,19H,1H3,(H,18,20)/b17-9+. The summed E-state index contributed by atoms with van der Waals surface area (Å²) in [6.45, 7) is 0. The first-order chi connectivity index (χ1) is 10.1. The van der Waals surface area contributed by atoms with Crippen LogP contribution in [0.1, 0.15) is 15.9 Å². The Labute approximate surface area is 126 Å². The molecule has 0 saturated carbocycles. The van der Waals surface area contributed by atoms with E-state index in [1.807, 2.05) is 6.07 Å². The summed E-state index contributed by atoms with van der Waals surface area (Å²) in [6, 6.07) is 11.9. The highest BCUT2D eigenvalue weighted by atomic mass is 35.5. The molecule has 2 N–H and O–H groups in total. The van der Waals surface area contributed by atoms with Crippen molar-refractivity contribution in [1.82, 2.24) is 5.43 Å². The molecule has 2 aromatic carbocycles. The molecule has 1 amide bonds. The Kier molecular flexibility index (Phi) is 4.79. The van der Waals surface area contributed by atoms with Crippen LogP contribution in [-0.2, 0) is 0 Å². The first kappa shape index (κ1) is 14.9. The number of hydrogen-bond donors (Lipinski definition) is 2. The van der Waals surface area contributed by atoms with Gasteiger partial charge in [-0.15, -0.1) is 0 Å². The van der Waals surface area contributed by atoms with Crippen LogP contribution in [-0.4, -0.2) is 24.3 Å². The number of aromatic hydroxyl groups is 1. The molecule has 0 bridgehead atoms. The Hall–Kier alpha value is -2.53. The van der Waals surface area contributed by atoms with E-state index in [4.69, 9.17) is 16.3 Å². The minimum Gasteiger partial charge on any atom is -0.503 e. The molecule has 0 spiro atoms. The molecule has 6 heteroatoms. The molecule has 108 valence electrons. The van der Waals surface area contributed by atoms with Gasteiger partial charge in [0.2, 0.25) is 0 Å². The van der Waals surface area contributed by atoms with Gasteiger partial charge in [-0.2, -0.15) is 5.10 Å². The smallest absolute Gasteiger partial charge is 0.271 e. The van der Waals surface area contributed by atoms with E-state index < -0.39 is 0 Å². The second kappa shape index (κ2) is 6.76. The highest BCUT2D eigenvalue weighted by Crippen LogP contribution is 2.35. The van der Waals surface area contributed by atoms with Gasteiger partial charge in [0, 0.05) is 11.1 Å². The number of methoxy groups -OCH3 is 1. The molecule has 21 heavy (non-hydrogen) atoms. The summed E-state index contributed by atoms with van der Waals surface area (Å²) in [5.74, 6) is -0.233. The van der Waals surface area contributed by atoms with Gasteiger partial charge in [-0.3, -0.25) is 4.79 Å². The van der Waals surface area contributed by atoms with Crippen LogP contribution in [0, 0.1) is 0 Å². The lowest BCUT2D eigenvalue weighted by molar-refractivity contribution is 0.0955. The highest BCUT2D eigenvalue weighted by Gasteiger charge is 2.10. The molecule has 5 nitrogen and oxygen atoms in total. The largest absolute Gasteiger partial charge is 0.503 e. The molecule has 2 aromatic rings. The van der Waals surface area contributed by atoms with Gasteiger partial charge in [0.1, 0.15) is 0 Å². The van der Waals surface area contributed by atoms with Gasteiger partial charge in [0.05, 0.1) is 18.3 Å². The number of hydrogen-bond acceptors (Lipinski definition) is 4. The molecule has 0 aliphatic heterocycles. The van der Waals surface area contributed by atoms with Crippen molar-refractivity contribution in [2.24, 2.45) is 5.10 Å². The predicted molar refractivity (Wildman–Crippen MR) is 81.2 cm³/mol. The van der Waals surface area contributed by atoms with Crippen molar-refractivity contribution >= 4 is 23.7 Å². The van der Waals surface area contributed by atoms with Crippen LogP contribution < -0.4 is 10.2 Å². The summed E-state index contributed by atoms with van der Waals surface area (Å²) in [7, 11) is 1.43. The fraction of sp³-hybridized carbons (Fsp3) is 0.0667. The van der Waals surface area contributed by atoms with Crippen molar-refractivity contribution in [2.75, 3.05) is 7.11 Å². The maximum Gasteiger partial charge on any atom is 0.271 e. The molecule has 0 saturated heterocycles. The predicted octanol–water partition coefficient (Wildman–Crippen LogP) is 2.82. The number of rotatable bonds is 4. The van der Waals surface area contributed by atoms with E-state index in [2.05, 4.69) is 10.5 Å². The lowest BCUT2D eigenvalue weighted by Gasteiger charge is -2.06. The van der Waals surface area contributed by atoms with E-state index in [0.717, 1.165) is 0 Å². The van der Waals surface area contributed by atoms with Gasteiger partial charge in [0.15, 0.2) is 11.5 Å². The molecule has 0 aliphatic carbocycles. The normalized spacial score (nSPS) is 10.6. The van der Waals surface area contributed by atoms with Gasteiger partial charge in [-0.25, -0.2) is 5.43 Å². The number of carbonyl (C=O) groups is 1. The van der Waals surface area contributed by atoms with Gasteiger partial charge in [-0.1, -0.05) is 29.8 Å². The molecular formula is C15H13ClN2O3. The monoisotopic (exact) mass is 304 g/mol. The maximum atomic E-state index is 11.8. The minimum atomic E-state index is -0.333. The fourth-order valence-corrected chi connectivity index (χ4v) is 1.85. The lowest BCUT2D eigenvalue weighted by Crippen LogP contribution is -2.17. The molecule has 0 fully saturated rings. The molecule has 0 aliphatic rings. The van der Waals surface area contributed by atoms with Crippen molar-refractivity contribution in [2.45, 2.75) is 0 Å². The summed E-state index contributed by atoms with van der Waals surface area (Å²) < 4.78 is 4.93. The van der Waals surface area contributed by atoms with E-state index in [-0.39, 0.29) is 22.4 Å². The number of nitrogens with one attached hydrogen (secondary N) is 1. The third-order valence-electron chi connectivity index (χ3n) is 2.73. The van der Waals surface area contributed by atoms with Gasteiger partial charge in [0.25, 0.3) is 5.91 Å². The molecule has 0 radical (unpaired) electrons. The van der Waals surface area contributed by atoms with Crippen molar-refractivity contribution in [1.29, 1.82) is 0 Å². The van der Waals surface area contributed by atoms with Crippen LogP contribution in [0.3, 0.4) is 0 Å². The average Bonchev–Trinajstić information content (AvgIpc) is 2.52. The SMILES string of the molecule is COc1ccc(/C=N/NC(=O)c2ccccc2)c(Cl)c1O. The third kappa shape index (κ3) is 3.52. The molecule has 2 rings (SSSR count). The topological polar surface area (TPSA) is 70.9 Å². The molecular weight excluding hydrogens is 292 g/mol. The summed E-state index contributed by atoms with van der Waals surface area (Å²) >= 11 is 5.98. The molecule has 0 atom stereocenters. The fourth-order valence-electron chi connectivity index (χ4n) is 1.64. The van der Waals surface area contributed by atoms with Crippen molar-refractivity contribution in [3.63, 3.8) is 0 Å². The lowest BCUT2D eigenvalue weighted by atomic mass is 10.2. The number of phenols is 1. The van der Waals surface area contributed by atoms with Gasteiger partial charge < -0.3 is 9.84 Å². The third-order valence-corrected chi connectivity index (χ3v) is 3.13. The zero-order chi connectivity index (χ0) is 15.2. The highest BCUT2D eigenvalue weighted by molar-refractivity contribution is 6.34. The van der Waals surface area contributed by atoms with Gasteiger partial charge >= 0.3 is 0 Å². The number of hydrazone groups is 1. The van der Waals surface area contributed by atoms with Gasteiger partial charge in [-0.05, 0) is 24.3 Å². The van der Waals surface area contributed by atoms with Crippen LogP contribution >= 0.6 is 11.6 Å². The first-order valence-electron chi connectivity index (χ1n) is 6.07. The number of halogens is 1. The van der Waals surface area contributed by atoms with E-state index in [1.54, 1.807) is 36.4 Å². The summed E-state index contributed by atoms with van der Waals surface area (Å²) in [6.07, 6.45) is 1.35. The Balaban J connectivity index is 2.09. The Morgan fingerprint density at radius 1 is 1.29 bits per heavy atom. The Morgan fingerprint density at radius 3 is 2.67 bits per heavy atom. The Morgan fingerprint density at radius 2 is 2.00 bits per heavy atom. The maximum absolute atomic E-state index is 11.8. The van der Waals surface area contributed by atoms with Crippen molar-refractivity contribution < 1.29 is 14.6 Å².